The van der Waals surface area contributed by atoms with Gasteiger partial charge in [-0.05, 0) is 55.3 Å². The molecule has 0 radical (unpaired) electrons. The molecule has 8 heteroatoms. The third kappa shape index (κ3) is 5.08. The van der Waals surface area contributed by atoms with E-state index >= 15 is 0 Å². The number of para-hydroxylation sites is 1. The molecule has 0 saturated carbocycles. The minimum absolute atomic E-state index is 0.0102. The Hall–Kier alpha value is -4.25. The smallest absolute Gasteiger partial charge is 0.269 e. The summed E-state index contributed by atoms with van der Waals surface area (Å²) in [6.07, 6.45) is 0. The van der Waals surface area contributed by atoms with Crippen molar-refractivity contribution in [2.75, 3.05) is 5.32 Å². The highest BCUT2D eigenvalue weighted by Gasteiger charge is 2.16. The largest absolute Gasteiger partial charge is 0.348 e. The SMILES string of the molecule is Cc1cc(C)n(CC(=O)Nc2ccccc2C(=O)NCc2ccc(F)cc2)c(=O)c1C#N. The van der Waals surface area contributed by atoms with Gasteiger partial charge in [0.2, 0.25) is 5.91 Å². The Bertz CT molecular complexity index is 1270. The zero-order valence-electron chi connectivity index (χ0n) is 17.6. The van der Waals surface area contributed by atoms with Crippen molar-refractivity contribution in [3.63, 3.8) is 0 Å². The highest BCUT2D eigenvalue weighted by atomic mass is 19.1. The molecular formula is C24H21FN4O3. The fraction of sp³-hybridized carbons (Fsp3) is 0.167. The number of rotatable bonds is 6. The summed E-state index contributed by atoms with van der Waals surface area (Å²) in [5, 5.41) is 14.6. The van der Waals surface area contributed by atoms with Gasteiger partial charge >= 0.3 is 0 Å². The molecule has 0 aliphatic rings. The maximum absolute atomic E-state index is 13.0. The van der Waals surface area contributed by atoms with Crippen LogP contribution in [0.5, 0.6) is 0 Å². The van der Waals surface area contributed by atoms with Crippen LogP contribution in [0.25, 0.3) is 0 Å². The van der Waals surface area contributed by atoms with E-state index in [2.05, 4.69) is 10.6 Å². The number of halogens is 1. The topological polar surface area (TPSA) is 104 Å². The number of aromatic nitrogens is 1. The molecule has 2 aromatic carbocycles. The van der Waals surface area contributed by atoms with Crippen LogP contribution in [0.2, 0.25) is 0 Å². The molecule has 3 rings (SSSR count). The molecule has 0 saturated heterocycles. The second kappa shape index (κ2) is 9.71. The number of aryl methyl sites for hydroxylation is 2. The fourth-order valence-corrected chi connectivity index (χ4v) is 3.26. The number of hydrogen-bond acceptors (Lipinski definition) is 4. The Balaban J connectivity index is 1.74. The molecule has 0 aliphatic heterocycles. The summed E-state index contributed by atoms with van der Waals surface area (Å²) in [5.41, 5.74) is 1.81. The first-order valence-electron chi connectivity index (χ1n) is 9.83. The summed E-state index contributed by atoms with van der Waals surface area (Å²) in [4.78, 5) is 37.8. The molecule has 3 aromatic rings. The van der Waals surface area contributed by atoms with Crippen molar-refractivity contribution in [1.29, 1.82) is 5.26 Å². The van der Waals surface area contributed by atoms with Gasteiger partial charge in [-0.3, -0.25) is 14.4 Å². The monoisotopic (exact) mass is 432 g/mol. The number of nitrogens with one attached hydrogen (secondary N) is 2. The molecule has 0 aliphatic carbocycles. The maximum Gasteiger partial charge on any atom is 0.269 e. The molecule has 1 aromatic heterocycles. The molecule has 1 heterocycles. The Morgan fingerprint density at radius 1 is 1.09 bits per heavy atom. The normalized spacial score (nSPS) is 10.3. The van der Waals surface area contributed by atoms with Gasteiger partial charge < -0.3 is 15.2 Å². The van der Waals surface area contributed by atoms with E-state index in [1.165, 1.54) is 16.7 Å². The number of anilines is 1. The molecule has 0 spiro atoms. The molecule has 2 N–H and O–H groups in total. The van der Waals surface area contributed by atoms with Crippen LogP contribution in [0.4, 0.5) is 10.1 Å². The first-order valence-corrected chi connectivity index (χ1v) is 9.83. The lowest BCUT2D eigenvalue weighted by molar-refractivity contribution is -0.116. The van der Waals surface area contributed by atoms with Gasteiger partial charge in [0.1, 0.15) is 24.0 Å². The van der Waals surface area contributed by atoms with Gasteiger partial charge in [0.25, 0.3) is 11.5 Å². The second-order valence-electron chi connectivity index (χ2n) is 7.25. The Labute approximate surface area is 184 Å². The average Bonchev–Trinajstić information content (AvgIpc) is 2.76. The Morgan fingerprint density at radius 3 is 2.47 bits per heavy atom. The molecule has 7 nitrogen and oxygen atoms in total. The average molecular weight is 432 g/mol. The van der Waals surface area contributed by atoms with Gasteiger partial charge in [-0.1, -0.05) is 24.3 Å². The van der Waals surface area contributed by atoms with Crippen molar-refractivity contribution in [2.24, 2.45) is 0 Å². The van der Waals surface area contributed by atoms with Crippen molar-refractivity contribution >= 4 is 17.5 Å². The molecule has 162 valence electrons. The summed E-state index contributed by atoms with van der Waals surface area (Å²) in [6, 6.07) is 15.8. The van der Waals surface area contributed by atoms with E-state index in [0.29, 0.717) is 11.3 Å². The minimum Gasteiger partial charge on any atom is -0.348 e. The number of nitriles is 1. The fourth-order valence-electron chi connectivity index (χ4n) is 3.26. The molecule has 0 fully saturated rings. The van der Waals surface area contributed by atoms with Gasteiger partial charge in [0.15, 0.2) is 0 Å². The van der Waals surface area contributed by atoms with Gasteiger partial charge in [-0.25, -0.2) is 4.39 Å². The predicted molar refractivity (Wildman–Crippen MR) is 118 cm³/mol. The van der Waals surface area contributed by atoms with Crippen molar-refractivity contribution in [1.82, 2.24) is 9.88 Å². The van der Waals surface area contributed by atoms with E-state index in [-0.39, 0.29) is 35.7 Å². The van der Waals surface area contributed by atoms with Gasteiger partial charge in [0, 0.05) is 12.2 Å². The number of carbonyl (C=O) groups is 2. The van der Waals surface area contributed by atoms with Crippen LogP contribution in [0.1, 0.15) is 32.7 Å². The number of nitrogens with zero attached hydrogens (tertiary/aromatic N) is 2. The van der Waals surface area contributed by atoms with E-state index in [9.17, 15) is 24.0 Å². The zero-order chi connectivity index (χ0) is 23.3. The Morgan fingerprint density at radius 2 is 1.78 bits per heavy atom. The van der Waals surface area contributed by atoms with E-state index in [0.717, 1.165) is 5.56 Å². The number of hydrogen-bond donors (Lipinski definition) is 2. The number of pyridine rings is 1. The number of carbonyl (C=O) groups excluding carboxylic acids is 2. The summed E-state index contributed by atoms with van der Waals surface area (Å²) in [6.45, 7) is 3.24. The summed E-state index contributed by atoms with van der Waals surface area (Å²) < 4.78 is 14.2. The molecule has 0 atom stereocenters. The molecule has 32 heavy (non-hydrogen) atoms. The van der Waals surface area contributed by atoms with Crippen LogP contribution in [0, 0.1) is 31.0 Å². The van der Waals surface area contributed by atoms with Crippen molar-refractivity contribution in [2.45, 2.75) is 26.9 Å². The minimum atomic E-state index is -0.537. The van der Waals surface area contributed by atoms with Crippen LogP contribution < -0.4 is 16.2 Å². The predicted octanol–water partition coefficient (Wildman–Crippen LogP) is 3.04. The van der Waals surface area contributed by atoms with Crippen LogP contribution in [-0.4, -0.2) is 16.4 Å². The highest BCUT2D eigenvalue weighted by Crippen LogP contribution is 2.16. The van der Waals surface area contributed by atoms with Gasteiger partial charge in [-0.2, -0.15) is 5.26 Å². The molecule has 0 bridgehead atoms. The van der Waals surface area contributed by atoms with Crippen LogP contribution in [0.15, 0.2) is 59.4 Å². The van der Waals surface area contributed by atoms with E-state index < -0.39 is 17.4 Å². The first kappa shape index (κ1) is 22.4. The maximum atomic E-state index is 13.0. The highest BCUT2D eigenvalue weighted by molar-refractivity contribution is 6.03. The first-order chi connectivity index (χ1) is 15.3. The van der Waals surface area contributed by atoms with Gasteiger partial charge in [-0.15, -0.1) is 0 Å². The van der Waals surface area contributed by atoms with Crippen molar-refractivity contribution in [3.05, 3.63) is 98.7 Å². The summed E-state index contributed by atoms with van der Waals surface area (Å²) in [7, 11) is 0. The molecule has 0 unspecified atom stereocenters. The van der Waals surface area contributed by atoms with Gasteiger partial charge in [0.05, 0.1) is 11.3 Å². The molecule has 2 amide bonds. The zero-order valence-corrected chi connectivity index (χ0v) is 17.6. The van der Waals surface area contributed by atoms with E-state index in [1.807, 2.05) is 6.07 Å². The Kier molecular flexibility index (Phi) is 6.80. The second-order valence-corrected chi connectivity index (χ2v) is 7.25. The lowest BCUT2D eigenvalue weighted by Gasteiger charge is -2.14. The number of amides is 2. The lowest BCUT2D eigenvalue weighted by Crippen LogP contribution is -2.32. The third-order valence-electron chi connectivity index (χ3n) is 4.93. The quantitative estimate of drug-likeness (QED) is 0.625. The third-order valence-corrected chi connectivity index (χ3v) is 4.93. The molecular weight excluding hydrogens is 411 g/mol. The lowest BCUT2D eigenvalue weighted by atomic mass is 10.1. The van der Waals surface area contributed by atoms with E-state index in [1.54, 1.807) is 56.3 Å². The van der Waals surface area contributed by atoms with Crippen LogP contribution in [0.3, 0.4) is 0 Å². The van der Waals surface area contributed by atoms with Crippen LogP contribution >= 0.6 is 0 Å². The summed E-state index contributed by atoms with van der Waals surface area (Å²) >= 11 is 0. The summed E-state index contributed by atoms with van der Waals surface area (Å²) in [5.74, 6) is -1.29. The standard InChI is InChI=1S/C24H21FN4O3/c1-15-11-16(2)29(24(32)20(15)12-26)14-22(30)28-21-6-4-3-5-19(21)23(31)27-13-17-7-9-18(25)10-8-17/h3-11H,13-14H2,1-2H3,(H,27,31)(H,28,30). The number of benzene rings is 2. The van der Waals surface area contributed by atoms with Crippen LogP contribution in [-0.2, 0) is 17.9 Å². The van der Waals surface area contributed by atoms with E-state index in [4.69, 9.17) is 0 Å². The van der Waals surface area contributed by atoms with Crippen molar-refractivity contribution < 1.29 is 14.0 Å². The van der Waals surface area contributed by atoms with Crippen molar-refractivity contribution in [3.8, 4) is 6.07 Å².